The summed E-state index contributed by atoms with van der Waals surface area (Å²) in [6.45, 7) is 6.01. The van der Waals surface area contributed by atoms with Crippen LogP contribution in [0.15, 0.2) is 22.7 Å². The Kier molecular flexibility index (Phi) is 4.72. The smallest absolute Gasteiger partial charge is 0.292 e. The zero-order valence-electron chi connectivity index (χ0n) is 15.3. The van der Waals surface area contributed by atoms with E-state index in [2.05, 4.69) is 52.4 Å². The normalized spacial score (nSPS) is 20.7. The number of hydrogen-bond donors (Lipinski definition) is 1. The summed E-state index contributed by atoms with van der Waals surface area (Å²) in [4.78, 5) is 23.5. The van der Waals surface area contributed by atoms with Gasteiger partial charge in [-0.05, 0) is 50.3 Å². The van der Waals surface area contributed by atoms with Crippen LogP contribution in [0.1, 0.15) is 79.4 Å². The summed E-state index contributed by atoms with van der Waals surface area (Å²) in [5, 5.41) is 6.77. The van der Waals surface area contributed by atoms with Crippen molar-refractivity contribution in [3.05, 3.63) is 41.3 Å². The maximum atomic E-state index is 12.1. The van der Waals surface area contributed by atoms with Gasteiger partial charge >= 0.3 is 0 Å². The monoisotopic (exact) mass is 355 g/mol. The Balaban J connectivity index is 1.45. The number of aromatic nitrogens is 3. The minimum atomic E-state index is -0.238. The zero-order valence-corrected chi connectivity index (χ0v) is 15.3. The predicted octanol–water partition coefficient (Wildman–Crippen LogP) is 2.82. The Hall–Kier alpha value is -2.28. The van der Waals surface area contributed by atoms with Gasteiger partial charge in [-0.25, -0.2) is 0 Å². The number of amides is 1. The standard InChI is InChI=1S/C19H25N5O2/c1-12(2)15-6-3-5-14(20-15)11-24-10-4-7-16(24)19-22-17(23-26-19)18(25)21-13-8-9-13/h3,5-6,12-13,16H,4,7-11H2,1-2H3,(H,21,25)/t16-/m1/s1. The van der Waals surface area contributed by atoms with E-state index in [1.165, 1.54) is 0 Å². The van der Waals surface area contributed by atoms with Crippen molar-refractivity contribution >= 4 is 5.91 Å². The highest BCUT2D eigenvalue weighted by atomic mass is 16.5. The molecule has 1 saturated carbocycles. The average molecular weight is 355 g/mol. The van der Waals surface area contributed by atoms with Gasteiger partial charge in [0.2, 0.25) is 5.89 Å². The molecule has 2 aliphatic rings. The fourth-order valence-corrected chi connectivity index (χ4v) is 3.35. The van der Waals surface area contributed by atoms with Crippen molar-refractivity contribution in [2.75, 3.05) is 6.54 Å². The van der Waals surface area contributed by atoms with E-state index >= 15 is 0 Å². The van der Waals surface area contributed by atoms with Crippen molar-refractivity contribution in [2.45, 2.75) is 64.1 Å². The Morgan fingerprint density at radius 3 is 2.92 bits per heavy atom. The molecule has 2 aromatic heterocycles. The summed E-state index contributed by atoms with van der Waals surface area (Å²) in [5.41, 5.74) is 2.16. The second-order valence-electron chi connectivity index (χ2n) is 7.54. The minimum Gasteiger partial charge on any atom is -0.346 e. The Morgan fingerprint density at radius 2 is 2.15 bits per heavy atom. The van der Waals surface area contributed by atoms with Crippen LogP contribution in [0, 0.1) is 0 Å². The van der Waals surface area contributed by atoms with Gasteiger partial charge in [0, 0.05) is 18.3 Å². The second-order valence-corrected chi connectivity index (χ2v) is 7.54. The van der Waals surface area contributed by atoms with Crippen LogP contribution in [0.25, 0.3) is 0 Å². The van der Waals surface area contributed by atoms with Crippen LogP contribution < -0.4 is 5.32 Å². The van der Waals surface area contributed by atoms with Gasteiger partial charge in [0.1, 0.15) is 0 Å². The molecule has 7 nitrogen and oxygen atoms in total. The van der Waals surface area contributed by atoms with Gasteiger partial charge in [-0.3, -0.25) is 14.7 Å². The number of nitrogens with zero attached hydrogens (tertiary/aromatic N) is 4. The fraction of sp³-hybridized carbons (Fsp3) is 0.579. The van der Waals surface area contributed by atoms with E-state index in [0.717, 1.165) is 50.2 Å². The van der Waals surface area contributed by atoms with Gasteiger partial charge in [0.25, 0.3) is 11.7 Å². The van der Waals surface area contributed by atoms with Gasteiger partial charge in [-0.2, -0.15) is 4.98 Å². The average Bonchev–Trinajstić information content (AvgIpc) is 3.11. The summed E-state index contributed by atoms with van der Waals surface area (Å²) < 4.78 is 5.42. The first-order valence-electron chi connectivity index (χ1n) is 9.44. The molecule has 0 radical (unpaired) electrons. The summed E-state index contributed by atoms with van der Waals surface area (Å²) in [7, 11) is 0. The molecular weight excluding hydrogens is 330 g/mol. The highest BCUT2D eigenvalue weighted by Gasteiger charge is 2.32. The third-order valence-electron chi connectivity index (χ3n) is 4.99. The van der Waals surface area contributed by atoms with Gasteiger partial charge in [-0.1, -0.05) is 25.1 Å². The number of pyridine rings is 1. The SMILES string of the molecule is CC(C)c1cccc(CN2CCC[C@@H]2c2nc(C(=O)NC3CC3)no2)n1. The number of nitrogens with one attached hydrogen (secondary N) is 1. The summed E-state index contributed by atoms with van der Waals surface area (Å²) in [5.74, 6) is 0.841. The van der Waals surface area contributed by atoms with Crippen LogP contribution in [0.3, 0.4) is 0 Å². The molecule has 0 bridgehead atoms. The summed E-state index contributed by atoms with van der Waals surface area (Å²) in [6.07, 6.45) is 4.10. The van der Waals surface area contributed by atoms with Gasteiger partial charge in [-0.15, -0.1) is 0 Å². The molecule has 138 valence electrons. The van der Waals surface area contributed by atoms with Crippen molar-refractivity contribution in [2.24, 2.45) is 0 Å². The van der Waals surface area contributed by atoms with E-state index in [0.29, 0.717) is 11.8 Å². The molecule has 4 rings (SSSR count). The molecule has 1 saturated heterocycles. The first kappa shape index (κ1) is 17.1. The zero-order chi connectivity index (χ0) is 18.1. The quantitative estimate of drug-likeness (QED) is 0.858. The van der Waals surface area contributed by atoms with Crippen molar-refractivity contribution in [3.63, 3.8) is 0 Å². The number of carbonyl (C=O) groups excluding carboxylic acids is 1. The third-order valence-corrected chi connectivity index (χ3v) is 4.99. The molecule has 1 aliphatic carbocycles. The lowest BCUT2D eigenvalue weighted by Crippen LogP contribution is -2.27. The third kappa shape index (κ3) is 3.77. The van der Waals surface area contributed by atoms with Crippen LogP contribution >= 0.6 is 0 Å². The molecule has 7 heteroatoms. The van der Waals surface area contributed by atoms with Crippen LogP contribution in [-0.2, 0) is 6.54 Å². The summed E-state index contributed by atoms with van der Waals surface area (Å²) >= 11 is 0. The van der Waals surface area contributed by atoms with Crippen LogP contribution in [0.2, 0.25) is 0 Å². The van der Waals surface area contributed by atoms with Crippen molar-refractivity contribution in [3.8, 4) is 0 Å². The highest BCUT2D eigenvalue weighted by Crippen LogP contribution is 2.32. The van der Waals surface area contributed by atoms with E-state index in [4.69, 9.17) is 9.51 Å². The number of hydrogen-bond acceptors (Lipinski definition) is 6. The van der Waals surface area contributed by atoms with E-state index in [9.17, 15) is 4.79 Å². The predicted molar refractivity (Wildman–Crippen MR) is 95.5 cm³/mol. The number of carbonyl (C=O) groups is 1. The van der Waals surface area contributed by atoms with E-state index < -0.39 is 0 Å². The first-order valence-corrected chi connectivity index (χ1v) is 9.44. The van der Waals surface area contributed by atoms with Gasteiger partial charge < -0.3 is 9.84 Å². The molecule has 2 aromatic rings. The first-order chi connectivity index (χ1) is 12.6. The molecule has 2 fully saturated rings. The van der Waals surface area contributed by atoms with Crippen LogP contribution in [0.4, 0.5) is 0 Å². The number of rotatable bonds is 6. The lowest BCUT2D eigenvalue weighted by molar-refractivity contribution is 0.0937. The van der Waals surface area contributed by atoms with Crippen molar-refractivity contribution < 1.29 is 9.32 Å². The second kappa shape index (κ2) is 7.15. The fourth-order valence-electron chi connectivity index (χ4n) is 3.35. The molecule has 26 heavy (non-hydrogen) atoms. The molecule has 0 unspecified atom stereocenters. The molecule has 1 amide bonds. The van der Waals surface area contributed by atoms with E-state index in [-0.39, 0.29) is 23.8 Å². The molecular formula is C19H25N5O2. The van der Waals surface area contributed by atoms with Crippen molar-refractivity contribution in [1.29, 1.82) is 0 Å². The maximum absolute atomic E-state index is 12.1. The maximum Gasteiger partial charge on any atom is 0.292 e. The van der Waals surface area contributed by atoms with E-state index in [1.807, 2.05) is 0 Å². The Morgan fingerprint density at radius 1 is 1.31 bits per heavy atom. The Labute approximate surface area is 153 Å². The van der Waals surface area contributed by atoms with Crippen molar-refractivity contribution in [1.82, 2.24) is 25.3 Å². The Bertz CT molecular complexity index is 784. The topological polar surface area (TPSA) is 84.2 Å². The lowest BCUT2D eigenvalue weighted by Gasteiger charge is -2.21. The lowest BCUT2D eigenvalue weighted by atomic mass is 10.1. The molecule has 0 aromatic carbocycles. The molecule has 1 N–H and O–H groups in total. The molecule has 1 atom stereocenters. The van der Waals surface area contributed by atoms with Crippen LogP contribution in [-0.4, -0.2) is 38.5 Å². The largest absolute Gasteiger partial charge is 0.346 e. The molecule has 0 spiro atoms. The number of likely N-dealkylation sites (tertiary alicyclic amines) is 1. The molecule has 3 heterocycles. The minimum absolute atomic E-state index is 0.0504. The highest BCUT2D eigenvalue weighted by molar-refractivity contribution is 5.90. The van der Waals surface area contributed by atoms with E-state index in [1.54, 1.807) is 0 Å². The molecule has 1 aliphatic heterocycles. The summed E-state index contributed by atoms with van der Waals surface area (Å²) in [6, 6.07) is 6.53. The van der Waals surface area contributed by atoms with Crippen LogP contribution in [0.5, 0.6) is 0 Å². The van der Waals surface area contributed by atoms with Gasteiger partial charge in [0.05, 0.1) is 11.7 Å². The van der Waals surface area contributed by atoms with Gasteiger partial charge in [0.15, 0.2) is 0 Å².